The molecule has 0 bridgehead atoms. The van der Waals surface area contributed by atoms with Crippen LogP contribution in [0.1, 0.15) is 5.56 Å². The standard InChI is InChI=1S/C13H16N2O4S/c1-14-11(16)6-9-2-4-10(5-3-9)15-12(17)7-20-8-13(18)19/h2-5H,6-8H2,1H3,(H,14,16)(H,15,17)(H,18,19). The number of carbonyl (C=O) groups excluding carboxylic acids is 2. The summed E-state index contributed by atoms with van der Waals surface area (Å²) >= 11 is 1.04. The fourth-order valence-electron chi connectivity index (χ4n) is 1.41. The Morgan fingerprint density at radius 1 is 1.10 bits per heavy atom. The second-order valence-electron chi connectivity index (χ2n) is 3.98. The molecule has 0 aliphatic carbocycles. The Labute approximate surface area is 120 Å². The number of hydrogen-bond acceptors (Lipinski definition) is 4. The van der Waals surface area contributed by atoms with Gasteiger partial charge >= 0.3 is 5.97 Å². The molecule has 108 valence electrons. The zero-order valence-electron chi connectivity index (χ0n) is 11.0. The summed E-state index contributed by atoms with van der Waals surface area (Å²) in [6.07, 6.45) is 0.291. The average molecular weight is 296 g/mol. The van der Waals surface area contributed by atoms with Crippen molar-refractivity contribution < 1.29 is 19.5 Å². The predicted octanol–water partition coefficient (Wildman–Crippen LogP) is 0.731. The first-order valence-corrected chi connectivity index (χ1v) is 7.05. The van der Waals surface area contributed by atoms with Gasteiger partial charge in [0.15, 0.2) is 0 Å². The molecule has 0 heterocycles. The number of nitrogens with one attached hydrogen (secondary N) is 2. The summed E-state index contributed by atoms with van der Waals surface area (Å²) in [6, 6.07) is 6.93. The van der Waals surface area contributed by atoms with Gasteiger partial charge in [-0.2, -0.15) is 0 Å². The third-order valence-corrected chi connectivity index (χ3v) is 3.26. The fourth-order valence-corrected chi connectivity index (χ4v) is 1.94. The molecule has 0 aromatic heterocycles. The summed E-state index contributed by atoms with van der Waals surface area (Å²) in [7, 11) is 1.58. The topological polar surface area (TPSA) is 95.5 Å². The molecule has 0 aliphatic rings. The summed E-state index contributed by atoms with van der Waals surface area (Å²) in [5, 5.41) is 13.6. The minimum Gasteiger partial charge on any atom is -0.481 e. The molecule has 1 aromatic rings. The quantitative estimate of drug-likeness (QED) is 0.689. The van der Waals surface area contributed by atoms with E-state index in [0.717, 1.165) is 17.3 Å². The highest BCUT2D eigenvalue weighted by Gasteiger charge is 2.05. The number of aliphatic carboxylic acids is 1. The van der Waals surface area contributed by atoms with Crippen molar-refractivity contribution in [1.29, 1.82) is 0 Å². The van der Waals surface area contributed by atoms with Crippen molar-refractivity contribution in [2.45, 2.75) is 6.42 Å². The number of benzene rings is 1. The molecule has 0 unspecified atom stereocenters. The van der Waals surface area contributed by atoms with Gasteiger partial charge in [0, 0.05) is 12.7 Å². The number of thioether (sulfide) groups is 1. The molecule has 0 atom stereocenters. The summed E-state index contributed by atoms with van der Waals surface area (Å²) < 4.78 is 0. The van der Waals surface area contributed by atoms with Gasteiger partial charge in [-0.25, -0.2) is 0 Å². The lowest BCUT2D eigenvalue weighted by Gasteiger charge is -2.06. The van der Waals surface area contributed by atoms with Crippen LogP contribution in [-0.2, 0) is 20.8 Å². The maximum atomic E-state index is 11.5. The van der Waals surface area contributed by atoms with E-state index in [4.69, 9.17) is 5.11 Å². The van der Waals surface area contributed by atoms with Crippen LogP contribution in [0.3, 0.4) is 0 Å². The highest BCUT2D eigenvalue weighted by molar-refractivity contribution is 8.00. The van der Waals surface area contributed by atoms with Gasteiger partial charge in [0.1, 0.15) is 0 Å². The molecule has 1 rings (SSSR count). The predicted molar refractivity (Wildman–Crippen MR) is 77.8 cm³/mol. The highest BCUT2D eigenvalue weighted by Crippen LogP contribution is 2.11. The molecule has 0 spiro atoms. The van der Waals surface area contributed by atoms with Crippen molar-refractivity contribution in [1.82, 2.24) is 5.32 Å². The van der Waals surface area contributed by atoms with Crippen molar-refractivity contribution in [2.24, 2.45) is 0 Å². The highest BCUT2D eigenvalue weighted by atomic mass is 32.2. The van der Waals surface area contributed by atoms with Crippen LogP contribution in [-0.4, -0.2) is 41.4 Å². The molecule has 3 N–H and O–H groups in total. The SMILES string of the molecule is CNC(=O)Cc1ccc(NC(=O)CSCC(=O)O)cc1. The monoisotopic (exact) mass is 296 g/mol. The van der Waals surface area contributed by atoms with Gasteiger partial charge in [0.25, 0.3) is 0 Å². The van der Waals surface area contributed by atoms with E-state index >= 15 is 0 Å². The molecule has 7 heteroatoms. The molecule has 0 saturated heterocycles. The number of rotatable bonds is 7. The van der Waals surface area contributed by atoms with E-state index in [2.05, 4.69) is 10.6 Å². The maximum Gasteiger partial charge on any atom is 0.313 e. The van der Waals surface area contributed by atoms with E-state index in [-0.39, 0.29) is 23.3 Å². The fraction of sp³-hybridized carbons (Fsp3) is 0.308. The van der Waals surface area contributed by atoms with Crippen LogP contribution < -0.4 is 10.6 Å². The molecule has 0 saturated carbocycles. The maximum absolute atomic E-state index is 11.5. The second kappa shape index (κ2) is 8.21. The Hall–Kier alpha value is -2.02. The minimum absolute atomic E-state index is 0.0770. The Morgan fingerprint density at radius 3 is 2.30 bits per heavy atom. The summed E-state index contributed by atoms with van der Waals surface area (Å²) in [4.78, 5) is 33.0. The number of carbonyl (C=O) groups is 3. The number of carboxylic acid groups (broad SMARTS) is 1. The first-order chi connectivity index (χ1) is 9.51. The number of anilines is 1. The Kier molecular flexibility index (Phi) is 6.58. The van der Waals surface area contributed by atoms with Gasteiger partial charge in [-0.1, -0.05) is 12.1 Å². The molecule has 6 nitrogen and oxygen atoms in total. The van der Waals surface area contributed by atoms with Gasteiger partial charge in [0.05, 0.1) is 17.9 Å². The van der Waals surface area contributed by atoms with E-state index < -0.39 is 5.97 Å². The number of carboxylic acids is 1. The Bertz CT molecular complexity index is 488. The molecule has 20 heavy (non-hydrogen) atoms. The van der Waals surface area contributed by atoms with Gasteiger partial charge < -0.3 is 15.7 Å². The van der Waals surface area contributed by atoms with E-state index in [1.807, 2.05) is 0 Å². The lowest BCUT2D eigenvalue weighted by Crippen LogP contribution is -2.20. The molecule has 0 fully saturated rings. The Morgan fingerprint density at radius 2 is 1.75 bits per heavy atom. The van der Waals surface area contributed by atoms with Crippen molar-refractivity contribution in [3.8, 4) is 0 Å². The van der Waals surface area contributed by atoms with Crippen molar-refractivity contribution in [3.63, 3.8) is 0 Å². The lowest BCUT2D eigenvalue weighted by atomic mass is 10.1. The molecular weight excluding hydrogens is 280 g/mol. The molecule has 0 aliphatic heterocycles. The van der Waals surface area contributed by atoms with Crippen LogP contribution in [0.4, 0.5) is 5.69 Å². The van der Waals surface area contributed by atoms with E-state index in [1.54, 1.807) is 31.3 Å². The third-order valence-electron chi connectivity index (χ3n) is 2.34. The summed E-state index contributed by atoms with van der Waals surface area (Å²) in [6.45, 7) is 0. The summed E-state index contributed by atoms with van der Waals surface area (Å²) in [5.74, 6) is -1.28. The van der Waals surface area contributed by atoms with Crippen LogP contribution in [0.2, 0.25) is 0 Å². The first kappa shape index (κ1) is 16.0. The van der Waals surface area contributed by atoms with Crippen LogP contribution >= 0.6 is 11.8 Å². The van der Waals surface area contributed by atoms with E-state index in [0.29, 0.717) is 12.1 Å². The number of likely N-dealkylation sites (N-methyl/N-ethyl adjacent to an activating group) is 1. The van der Waals surface area contributed by atoms with Crippen molar-refractivity contribution >= 4 is 35.2 Å². The Balaban J connectivity index is 2.42. The minimum atomic E-state index is -0.943. The first-order valence-electron chi connectivity index (χ1n) is 5.90. The van der Waals surface area contributed by atoms with Crippen LogP contribution in [0.15, 0.2) is 24.3 Å². The second-order valence-corrected chi connectivity index (χ2v) is 4.97. The zero-order valence-corrected chi connectivity index (χ0v) is 11.8. The van der Waals surface area contributed by atoms with E-state index in [1.165, 1.54) is 0 Å². The van der Waals surface area contributed by atoms with Crippen molar-refractivity contribution in [3.05, 3.63) is 29.8 Å². The summed E-state index contributed by atoms with van der Waals surface area (Å²) in [5.41, 5.74) is 1.47. The molecule has 0 radical (unpaired) electrons. The van der Waals surface area contributed by atoms with Crippen molar-refractivity contribution in [2.75, 3.05) is 23.9 Å². The molecular formula is C13H16N2O4S. The average Bonchev–Trinajstić information content (AvgIpc) is 2.40. The van der Waals surface area contributed by atoms with Crippen LogP contribution in [0.5, 0.6) is 0 Å². The smallest absolute Gasteiger partial charge is 0.313 e. The number of amides is 2. The normalized spacial score (nSPS) is 9.85. The van der Waals surface area contributed by atoms with Crippen LogP contribution in [0, 0.1) is 0 Å². The lowest BCUT2D eigenvalue weighted by molar-refractivity contribution is -0.134. The van der Waals surface area contributed by atoms with Gasteiger partial charge in [-0.3, -0.25) is 14.4 Å². The van der Waals surface area contributed by atoms with Gasteiger partial charge in [0.2, 0.25) is 11.8 Å². The largest absolute Gasteiger partial charge is 0.481 e. The van der Waals surface area contributed by atoms with Gasteiger partial charge in [-0.05, 0) is 17.7 Å². The number of hydrogen-bond donors (Lipinski definition) is 3. The van der Waals surface area contributed by atoms with Gasteiger partial charge in [-0.15, -0.1) is 11.8 Å². The van der Waals surface area contributed by atoms with E-state index in [9.17, 15) is 14.4 Å². The molecule has 2 amide bonds. The van der Waals surface area contributed by atoms with Crippen LogP contribution in [0.25, 0.3) is 0 Å². The third kappa shape index (κ3) is 6.24. The zero-order chi connectivity index (χ0) is 15.0. The molecule has 1 aromatic carbocycles.